The maximum absolute atomic E-state index is 13.8. The van der Waals surface area contributed by atoms with E-state index in [4.69, 9.17) is 9.84 Å². The molecule has 0 aliphatic carbocycles. The van der Waals surface area contributed by atoms with Crippen LogP contribution in [-0.4, -0.2) is 18.2 Å². The predicted octanol–water partition coefficient (Wildman–Crippen LogP) is 3.34. The first-order chi connectivity index (χ1) is 9.02. The van der Waals surface area contributed by atoms with Crippen LogP contribution in [0, 0.1) is 11.6 Å². The van der Waals surface area contributed by atoms with Crippen molar-refractivity contribution in [1.82, 2.24) is 0 Å². The van der Waals surface area contributed by atoms with Gasteiger partial charge >= 0.3 is 5.97 Å². The Kier molecular flexibility index (Phi) is 3.46. The van der Waals surface area contributed by atoms with Crippen LogP contribution in [0.15, 0.2) is 36.4 Å². The SMILES string of the molecule is COc1ccc(F)c(-c2ccc(C(=O)O)cc2F)c1. The van der Waals surface area contributed by atoms with Gasteiger partial charge in [0.2, 0.25) is 0 Å². The first-order valence-corrected chi connectivity index (χ1v) is 5.39. The van der Waals surface area contributed by atoms with Gasteiger partial charge in [0, 0.05) is 11.1 Å². The number of aromatic carboxylic acids is 1. The van der Waals surface area contributed by atoms with Gasteiger partial charge in [0.25, 0.3) is 0 Å². The lowest BCUT2D eigenvalue weighted by Crippen LogP contribution is -1.98. The molecule has 98 valence electrons. The molecule has 0 fully saturated rings. The summed E-state index contributed by atoms with van der Waals surface area (Å²) in [6, 6.07) is 7.25. The summed E-state index contributed by atoms with van der Waals surface area (Å²) >= 11 is 0. The molecule has 0 spiro atoms. The highest BCUT2D eigenvalue weighted by molar-refractivity contribution is 5.88. The molecule has 3 nitrogen and oxygen atoms in total. The third-order valence-electron chi connectivity index (χ3n) is 2.68. The minimum absolute atomic E-state index is 0.0126. The van der Waals surface area contributed by atoms with Crippen molar-refractivity contribution in [3.05, 3.63) is 53.6 Å². The van der Waals surface area contributed by atoms with Gasteiger partial charge in [-0.2, -0.15) is 0 Å². The van der Waals surface area contributed by atoms with Crippen molar-refractivity contribution in [2.24, 2.45) is 0 Å². The molecule has 5 heteroatoms. The monoisotopic (exact) mass is 264 g/mol. The van der Waals surface area contributed by atoms with E-state index in [0.29, 0.717) is 5.75 Å². The molecule has 0 saturated carbocycles. The van der Waals surface area contributed by atoms with Crippen molar-refractivity contribution in [3.63, 3.8) is 0 Å². The molecule has 2 aromatic carbocycles. The Balaban J connectivity index is 2.56. The zero-order valence-electron chi connectivity index (χ0n) is 9.98. The van der Waals surface area contributed by atoms with Crippen molar-refractivity contribution < 1.29 is 23.4 Å². The maximum atomic E-state index is 13.8. The average molecular weight is 264 g/mol. The van der Waals surface area contributed by atoms with Crippen LogP contribution in [0.4, 0.5) is 8.78 Å². The zero-order chi connectivity index (χ0) is 14.0. The first kappa shape index (κ1) is 13.0. The summed E-state index contributed by atoms with van der Waals surface area (Å²) in [7, 11) is 1.42. The number of hydrogen-bond donors (Lipinski definition) is 1. The molecule has 0 aliphatic heterocycles. The van der Waals surface area contributed by atoms with Gasteiger partial charge in [0.1, 0.15) is 17.4 Å². The Morgan fingerprint density at radius 2 is 1.79 bits per heavy atom. The van der Waals surface area contributed by atoms with Crippen molar-refractivity contribution in [2.75, 3.05) is 7.11 Å². The molecule has 0 saturated heterocycles. The number of methoxy groups -OCH3 is 1. The Morgan fingerprint density at radius 1 is 1.05 bits per heavy atom. The van der Waals surface area contributed by atoms with Crippen molar-refractivity contribution in [1.29, 1.82) is 0 Å². The number of carboxylic acids is 1. The van der Waals surface area contributed by atoms with E-state index in [1.165, 1.54) is 37.4 Å². The van der Waals surface area contributed by atoms with E-state index in [2.05, 4.69) is 0 Å². The largest absolute Gasteiger partial charge is 0.497 e. The number of benzene rings is 2. The summed E-state index contributed by atoms with van der Waals surface area (Å²) in [4.78, 5) is 10.7. The van der Waals surface area contributed by atoms with Gasteiger partial charge in [0.05, 0.1) is 12.7 Å². The van der Waals surface area contributed by atoms with Gasteiger partial charge in [-0.3, -0.25) is 0 Å². The summed E-state index contributed by atoms with van der Waals surface area (Å²) < 4.78 is 32.5. The van der Waals surface area contributed by atoms with Crippen LogP contribution in [-0.2, 0) is 0 Å². The molecule has 0 radical (unpaired) electrons. The summed E-state index contributed by atoms with van der Waals surface area (Å²) in [5.74, 6) is -2.26. The van der Waals surface area contributed by atoms with Crippen molar-refractivity contribution >= 4 is 5.97 Å². The number of halogens is 2. The van der Waals surface area contributed by atoms with Crippen molar-refractivity contribution in [3.8, 4) is 16.9 Å². The highest BCUT2D eigenvalue weighted by Gasteiger charge is 2.13. The summed E-state index contributed by atoms with van der Waals surface area (Å²) in [5, 5.41) is 8.75. The van der Waals surface area contributed by atoms with Crippen LogP contribution in [0.1, 0.15) is 10.4 Å². The maximum Gasteiger partial charge on any atom is 0.335 e. The molecule has 2 aromatic rings. The second-order valence-corrected chi connectivity index (χ2v) is 3.85. The van der Waals surface area contributed by atoms with Crippen LogP contribution in [0.3, 0.4) is 0 Å². The second kappa shape index (κ2) is 5.06. The summed E-state index contributed by atoms with van der Waals surface area (Å²) in [6.07, 6.45) is 0. The fourth-order valence-electron chi connectivity index (χ4n) is 1.70. The van der Waals surface area contributed by atoms with Gasteiger partial charge < -0.3 is 9.84 Å². The van der Waals surface area contributed by atoms with Crippen LogP contribution < -0.4 is 4.74 Å². The zero-order valence-corrected chi connectivity index (χ0v) is 9.98. The Morgan fingerprint density at radius 3 is 2.37 bits per heavy atom. The molecule has 0 unspecified atom stereocenters. The van der Waals surface area contributed by atoms with E-state index in [-0.39, 0.29) is 16.7 Å². The topological polar surface area (TPSA) is 46.5 Å². The lowest BCUT2D eigenvalue weighted by atomic mass is 10.0. The van der Waals surface area contributed by atoms with E-state index in [9.17, 15) is 13.6 Å². The van der Waals surface area contributed by atoms with E-state index in [0.717, 1.165) is 6.07 Å². The van der Waals surface area contributed by atoms with Gasteiger partial charge in [0.15, 0.2) is 0 Å². The predicted molar refractivity (Wildman–Crippen MR) is 65.3 cm³/mol. The van der Waals surface area contributed by atoms with Crippen LogP contribution in [0.5, 0.6) is 5.75 Å². The van der Waals surface area contributed by atoms with E-state index >= 15 is 0 Å². The number of carboxylic acid groups (broad SMARTS) is 1. The minimum atomic E-state index is -1.24. The Labute approximate surface area is 108 Å². The van der Waals surface area contributed by atoms with Gasteiger partial charge in [-0.15, -0.1) is 0 Å². The van der Waals surface area contributed by atoms with Crippen molar-refractivity contribution in [2.45, 2.75) is 0 Å². The lowest BCUT2D eigenvalue weighted by Gasteiger charge is -2.08. The summed E-state index contributed by atoms with van der Waals surface area (Å²) in [5.41, 5.74) is -0.181. The van der Waals surface area contributed by atoms with Gasteiger partial charge in [-0.05, 0) is 30.3 Å². The second-order valence-electron chi connectivity index (χ2n) is 3.85. The number of ether oxygens (including phenoxy) is 1. The molecule has 1 N–H and O–H groups in total. The molecule has 0 heterocycles. The normalized spacial score (nSPS) is 10.3. The third-order valence-corrected chi connectivity index (χ3v) is 2.68. The van der Waals surface area contributed by atoms with E-state index in [1.807, 2.05) is 0 Å². The third kappa shape index (κ3) is 2.54. The molecule has 0 aliphatic rings. The Bertz CT molecular complexity index is 639. The molecule has 0 bridgehead atoms. The van der Waals surface area contributed by atoms with Gasteiger partial charge in [-0.25, -0.2) is 13.6 Å². The van der Waals surface area contributed by atoms with Crippen LogP contribution in [0.2, 0.25) is 0 Å². The highest BCUT2D eigenvalue weighted by atomic mass is 19.1. The fourth-order valence-corrected chi connectivity index (χ4v) is 1.70. The smallest absolute Gasteiger partial charge is 0.335 e. The highest BCUT2D eigenvalue weighted by Crippen LogP contribution is 2.29. The fraction of sp³-hybridized carbons (Fsp3) is 0.0714. The first-order valence-electron chi connectivity index (χ1n) is 5.39. The van der Waals surface area contributed by atoms with E-state index < -0.39 is 17.6 Å². The Hall–Kier alpha value is -2.43. The molecule has 19 heavy (non-hydrogen) atoms. The quantitative estimate of drug-likeness (QED) is 0.924. The van der Waals surface area contributed by atoms with E-state index in [1.54, 1.807) is 0 Å². The molecule has 2 rings (SSSR count). The van der Waals surface area contributed by atoms with Crippen LogP contribution >= 0.6 is 0 Å². The number of rotatable bonds is 3. The average Bonchev–Trinajstić information content (AvgIpc) is 2.39. The molecular formula is C14H10F2O3. The lowest BCUT2D eigenvalue weighted by molar-refractivity contribution is 0.0696. The van der Waals surface area contributed by atoms with Crippen LogP contribution in [0.25, 0.3) is 11.1 Å². The standard InChI is InChI=1S/C14H10F2O3/c1-19-9-3-5-12(15)11(7-9)10-4-2-8(14(17)18)6-13(10)16/h2-7H,1H3,(H,17,18). The summed E-state index contributed by atoms with van der Waals surface area (Å²) in [6.45, 7) is 0. The number of hydrogen-bond acceptors (Lipinski definition) is 2. The molecule has 0 aromatic heterocycles. The molecule has 0 amide bonds. The molecular weight excluding hydrogens is 254 g/mol. The van der Waals surface area contributed by atoms with Gasteiger partial charge in [-0.1, -0.05) is 6.07 Å². The minimum Gasteiger partial charge on any atom is -0.497 e. The number of carbonyl (C=O) groups is 1. The molecule has 0 atom stereocenters.